The van der Waals surface area contributed by atoms with Gasteiger partial charge in [0.25, 0.3) is 5.91 Å². The maximum atomic E-state index is 15.0. The summed E-state index contributed by atoms with van der Waals surface area (Å²) in [6, 6.07) is 13.6. The molecule has 1 saturated carbocycles. The van der Waals surface area contributed by atoms with Gasteiger partial charge in [0.1, 0.15) is 23.6 Å². The Hall–Kier alpha value is -5.90. The molecule has 3 fully saturated rings. The molecule has 1 aliphatic carbocycles. The van der Waals surface area contributed by atoms with Gasteiger partial charge in [-0.15, -0.1) is 0 Å². The Kier molecular flexibility index (Phi) is 11.3. The summed E-state index contributed by atoms with van der Waals surface area (Å²) in [6.07, 6.45) is 8.51. The smallest absolute Gasteiger partial charge is 0.410 e. The molecule has 2 aliphatic heterocycles. The SMILES string of the molecule is COc1ccc(COc2c(F)cc(C(=O)NC[C@H]3CC[C@H](n4cc5ccc(-c6cnc(N7CC8(CN(C(=O)OC(C)(C)C)CCO8)C7)nc6)cc5n4)CC3)c(F)c2F)cc1. The molecule has 3 aliphatic rings. The molecule has 16 heteroatoms. The first-order valence-electron chi connectivity index (χ1n) is 20.2. The Labute approximate surface area is 345 Å². The van der Waals surface area contributed by atoms with Crippen LogP contribution in [-0.2, 0) is 16.1 Å². The van der Waals surface area contributed by atoms with Crippen LogP contribution in [0.3, 0.4) is 0 Å². The summed E-state index contributed by atoms with van der Waals surface area (Å²) in [7, 11) is 1.52. The molecule has 0 radical (unpaired) electrons. The molecule has 2 amide bonds. The van der Waals surface area contributed by atoms with Crippen molar-refractivity contribution in [3.63, 3.8) is 0 Å². The van der Waals surface area contributed by atoms with Crippen molar-refractivity contribution in [2.75, 3.05) is 51.3 Å². The number of anilines is 1. The minimum absolute atomic E-state index is 0.110. The van der Waals surface area contributed by atoms with Crippen LogP contribution in [0, 0.1) is 23.4 Å². The van der Waals surface area contributed by atoms with Crippen molar-refractivity contribution < 1.29 is 41.7 Å². The largest absolute Gasteiger partial charge is 0.497 e. The zero-order valence-electron chi connectivity index (χ0n) is 34.1. The molecule has 4 heterocycles. The van der Waals surface area contributed by atoms with E-state index in [1.807, 2.05) is 54.7 Å². The third-order valence-corrected chi connectivity index (χ3v) is 11.3. The van der Waals surface area contributed by atoms with Gasteiger partial charge in [0.05, 0.1) is 50.5 Å². The van der Waals surface area contributed by atoms with Gasteiger partial charge >= 0.3 is 6.09 Å². The number of amides is 2. The number of morpholine rings is 1. The lowest BCUT2D eigenvalue weighted by atomic mass is 9.86. The normalized spacial score (nSPS) is 18.9. The molecule has 316 valence electrons. The van der Waals surface area contributed by atoms with E-state index in [9.17, 15) is 22.8 Å². The van der Waals surface area contributed by atoms with Gasteiger partial charge in [-0.05, 0) is 87.8 Å². The maximum absolute atomic E-state index is 15.0. The van der Waals surface area contributed by atoms with E-state index >= 15 is 0 Å². The van der Waals surface area contributed by atoms with Gasteiger partial charge in [-0.2, -0.15) is 9.49 Å². The molecule has 1 spiro atoms. The standard InChI is InChI=1S/C44H48F3N7O6/c1-43(2,3)60-42(56)52-15-16-59-44(24-52)25-53(26-44)41-49-20-31(21-50-41)29-9-10-30-22-54(51-36(30)17-29)32-11-5-27(6-12-32)19-48-40(55)34-18-35(45)39(38(47)37(34)46)58-23-28-7-13-33(57-4)14-8-28/h7-10,13-14,17-18,20-22,27,32H,5-6,11-12,15-16,19,23-26H2,1-4H3,(H,48,55)/t27-,32-. The zero-order valence-corrected chi connectivity index (χ0v) is 34.1. The monoisotopic (exact) mass is 827 g/mol. The summed E-state index contributed by atoms with van der Waals surface area (Å²) in [6.45, 7) is 8.16. The quantitative estimate of drug-likeness (QED) is 0.141. The molecular formula is C44H48F3N7O6. The first kappa shape index (κ1) is 40.9. The number of aromatic nitrogens is 4. The Morgan fingerprint density at radius 1 is 0.933 bits per heavy atom. The van der Waals surface area contributed by atoms with E-state index in [1.54, 1.807) is 41.6 Å². The number of fused-ring (bicyclic) bond motifs is 1. The molecule has 2 aromatic heterocycles. The van der Waals surface area contributed by atoms with Gasteiger partial charge in [0, 0.05) is 42.6 Å². The van der Waals surface area contributed by atoms with E-state index in [1.165, 1.54) is 7.11 Å². The highest BCUT2D eigenvalue weighted by Gasteiger charge is 2.49. The predicted octanol–water partition coefficient (Wildman–Crippen LogP) is 7.49. The summed E-state index contributed by atoms with van der Waals surface area (Å²) >= 11 is 0. The van der Waals surface area contributed by atoms with Crippen LogP contribution in [0.2, 0.25) is 0 Å². The highest BCUT2D eigenvalue weighted by molar-refractivity contribution is 5.94. The van der Waals surface area contributed by atoms with Crippen LogP contribution in [-0.4, -0.2) is 94.3 Å². The third-order valence-electron chi connectivity index (χ3n) is 11.3. The van der Waals surface area contributed by atoms with Gasteiger partial charge in [0.15, 0.2) is 17.4 Å². The molecule has 0 unspecified atom stereocenters. The van der Waals surface area contributed by atoms with Crippen molar-refractivity contribution in [2.45, 2.75) is 70.3 Å². The van der Waals surface area contributed by atoms with E-state index in [4.69, 9.17) is 24.0 Å². The van der Waals surface area contributed by atoms with Crippen LogP contribution in [0.1, 0.15) is 68.4 Å². The molecular weight excluding hydrogens is 780 g/mol. The van der Waals surface area contributed by atoms with E-state index < -0.39 is 45.9 Å². The molecule has 60 heavy (non-hydrogen) atoms. The molecule has 5 aromatic rings. The summed E-state index contributed by atoms with van der Waals surface area (Å²) in [5.74, 6) is -4.65. The first-order chi connectivity index (χ1) is 28.8. The number of nitrogens with zero attached hydrogens (tertiary/aromatic N) is 6. The lowest BCUT2D eigenvalue weighted by Gasteiger charge is -2.53. The molecule has 13 nitrogen and oxygen atoms in total. The lowest BCUT2D eigenvalue weighted by molar-refractivity contribution is -0.122. The molecule has 1 N–H and O–H groups in total. The number of rotatable bonds is 10. The average molecular weight is 828 g/mol. The number of carbonyl (C=O) groups is 2. The lowest BCUT2D eigenvalue weighted by Crippen LogP contribution is -2.71. The molecule has 8 rings (SSSR count). The van der Waals surface area contributed by atoms with Crippen LogP contribution in [0.25, 0.3) is 22.0 Å². The summed E-state index contributed by atoms with van der Waals surface area (Å²) in [5, 5.41) is 8.58. The number of benzene rings is 3. The fraction of sp³-hybridized carbons (Fsp3) is 0.432. The van der Waals surface area contributed by atoms with Crippen LogP contribution in [0.4, 0.5) is 23.9 Å². The number of nitrogens with one attached hydrogen (secondary N) is 1. The Morgan fingerprint density at radius 3 is 2.37 bits per heavy atom. The molecule has 0 bridgehead atoms. The Morgan fingerprint density at radius 2 is 1.67 bits per heavy atom. The summed E-state index contributed by atoms with van der Waals surface area (Å²) < 4.78 is 68.7. The Balaban J connectivity index is 0.816. The van der Waals surface area contributed by atoms with Crippen LogP contribution < -0.4 is 19.7 Å². The van der Waals surface area contributed by atoms with Crippen molar-refractivity contribution in [3.8, 4) is 22.6 Å². The highest BCUT2D eigenvalue weighted by Crippen LogP contribution is 2.35. The number of ether oxygens (including phenoxy) is 4. The topological polar surface area (TPSA) is 133 Å². The first-order valence-corrected chi connectivity index (χ1v) is 20.2. The van der Waals surface area contributed by atoms with Crippen LogP contribution in [0.5, 0.6) is 11.5 Å². The van der Waals surface area contributed by atoms with E-state index in [2.05, 4.69) is 15.3 Å². The van der Waals surface area contributed by atoms with E-state index in [-0.39, 0.29) is 31.2 Å². The number of carbonyl (C=O) groups excluding carboxylic acids is 2. The number of hydrogen-bond acceptors (Lipinski definition) is 10. The minimum atomic E-state index is -1.55. The van der Waals surface area contributed by atoms with Crippen molar-refractivity contribution in [2.24, 2.45) is 5.92 Å². The minimum Gasteiger partial charge on any atom is -0.497 e. The zero-order chi connectivity index (χ0) is 42.2. The second-order valence-electron chi connectivity index (χ2n) is 16.8. The fourth-order valence-corrected chi connectivity index (χ4v) is 8.04. The van der Waals surface area contributed by atoms with Crippen LogP contribution in [0.15, 0.2) is 67.1 Å². The average Bonchev–Trinajstić information content (AvgIpc) is 3.67. The number of methoxy groups -OCH3 is 1. The second kappa shape index (κ2) is 16.6. The van der Waals surface area contributed by atoms with Crippen molar-refractivity contribution >= 4 is 28.9 Å². The van der Waals surface area contributed by atoms with Gasteiger partial charge in [-0.1, -0.05) is 24.3 Å². The van der Waals surface area contributed by atoms with Crippen LogP contribution >= 0.6 is 0 Å². The van der Waals surface area contributed by atoms with Gasteiger partial charge in [-0.25, -0.2) is 23.5 Å². The Bertz CT molecular complexity index is 2360. The van der Waals surface area contributed by atoms with Crippen molar-refractivity contribution in [3.05, 3.63) is 95.7 Å². The molecule has 3 aromatic carbocycles. The van der Waals surface area contributed by atoms with E-state index in [0.29, 0.717) is 56.1 Å². The molecule has 2 saturated heterocycles. The van der Waals surface area contributed by atoms with Crippen molar-refractivity contribution in [1.82, 2.24) is 30.0 Å². The second-order valence-corrected chi connectivity index (χ2v) is 16.8. The van der Waals surface area contributed by atoms with Gasteiger partial charge in [0.2, 0.25) is 11.8 Å². The number of halogens is 3. The fourth-order valence-electron chi connectivity index (χ4n) is 8.04. The highest BCUT2D eigenvalue weighted by atomic mass is 19.2. The van der Waals surface area contributed by atoms with Gasteiger partial charge < -0.3 is 34.1 Å². The van der Waals surface area contributed by atoms with Gasteiger partial charge in [-0.3, -0.25) is 9.48 Å². The summed E-state index contributed by atoms with van der Waals surface area (Å²) in [5.41, 5.74) is 1.50. The maximum Gasteiger partial charge on any atom is 0.410 e. The predicted molar refractivity (Wildman–Crippen MR) is 216 cm³/mol. The third kappa shape index (κ3) is 8.83. The summed E-state index contributed by atoms with van der Waals surface area (Å²) in [4.78, 5) is 38.6. The number of hydrogen-bond donors (Lipinski definition) is 1. The van der Waals surface area contributed by atoms with Crippen molar-refractivity contribution in [1.29, 1.82) is 0 Å². The van der Waals surface area contributed by atoms with E-state index in [0.717, 1.165) is 47.7 Å². The molecule has 0 atom stereocenters.